The number of amides is 2. The molecule has 0 bridgehead atoms. The number of aryl methyl sites for hydroxylation is 1. The van der Waals surface area contributed by atoms with Crippen LogP contribution < -0.4 is 0 Å². The highest BCUT2D eigenvalue weighted by molar-refractivity contribution is 5.95. The summed E-state index contributed by atoms with van der Waals surface area (Å²) in [5.41, 5.74) is 1.35. The second-order valence-electron chi connectivity index (χ2n) is 8.00. The van der Waals surface area contributed by atoms with Gasteiger partial charge in [-0.05, 0) is 53.1 Å². The Kier molecular flexibility index (Phi) is 6.42. The first-order chi connectivity index (χ1) is 13.0. The van der Waals surface area contributed by atoms with Gasteiger partial charge in [0, 0.05) is 38.3 Å². The highest BCUT2D eigenvalue weighted by atomic mass is 16.2. The molecule has 7 heteroatoms. The fourth-order valence-electron chi connectivity index (χ4n) is 3.94. The van der Waals surface area contributed by atoms with Gasteiger partial charge in [-0.3, -0.25) is 9.59 Å². The number of carbonyl (C=O) groups is 2. The number of piperidine rings is 2. The van der Waals surface area contributed by atoms with Crippen LogP contribution in [0, 0.1) is 6.92 Å². The minimum atomic E-state index is 0.0465. The van der Waals surface area contributed by atoms with Crippen LogP contribution in [0.4, 0.5) is 0 Å². The predicted molar refractivity (Wildman–Crippen MR) is 104 cm³/mol. The van der Waals surface area contributed by atoms with Gasteiger partial charge in [-0.1, -0.05) is 0 Å². The van der Waals surface area contributed by atoms with Gasteiger partial charge in [-0.2, -0.15) is 0 Å². The van der Waals surface area contributed by atoms with Crippen LogP contribution in [0.5, 0.6) is 0 Å². The summed E-state index contributed by atoms with van der Waals surface area (Å²) in [5.74, 6) is 1.09. The molecule has 7 nitrogen and oxygen atoms in total. The van der Waals surface area contributed by atoms with E-state index in [0.717, 1.165) is 56.8 Å². The lowest BCUT2D eigenvalue weighted by Gasteiger charge is -2.33. The van der Waals surface area contributed by atoms with Crippen molar-refractivity contribution in [3.63, 3.8) is 0 Å². The molecule has 0 N–H and O–H groups in total. The lowest BCUT2D eigenvalue weighted by atomic mass is 9.96. The van der Waals surface area contributed by atoms with Crippen molar-refractivity contribution in [2.24, 2.45) is 0 Å². The third-order valence-corrected chi connectivity index (χ3v) is 5.46. The van der Waals surface area contributed by atoms with Crippen molar-refractivity contribution < 1.29 is 9.59 Å². The Hall–Kier alpha value is -2.02. The van der Waals surface area contributed by atoms with Gasteiger partial charge in [0.2, 0.25) is 5.91 Å². The summed E-state index contributed by atoms with van der Waals surface area (Å²) in [6, 6.07) is 0. The van der Waals surface area contributed by atoms with Crippen LogP contribution in [-0.2, 0) is 4.79 Å². The first-order valence-electron chi connectivity index (χ1n) is 10.0. The van der Waals surface area contributed by atoms with Gasteiger partial charge in [-0.15, -0.1) is 0 Å². The molecule has 2 aliphatic heterocycles. The maximum Gasteiger partial charge on any atom is 0.257 e. The molecule has 27 heavy (non-hydrogen) atoms. The van der Waals surface area contributed by atoms with E-state index in [4.69, 9.17) is 0 Å². The van der Waals surface area contributed by atoms with E-state index in [9.17, 15) is 9.59 Å². The lowest BCUT2D eigenvalue weighted by molar-refractivity contribution is -0.133. The molecule has 0 saturated carbocycles. The molecule has 1 aromatic rings. The minimum absolute atomic E-state index is 0.0465. The molecule has 0 spiro atoms. The summed E-state index contributed by atoms with van der Waals surface area (Å²) in [6.07, 6.45) is 6.97. The van der Waals surface area contributed by atoms with E-state index in [0.29, 0.717) is 18.7 Å². The number of nitrogens with zero attached hydrogens (tertiary/aromatic N) is 5. The van der Waals surface area contributed by atoms with E-state index < -0.39 is 0 Å². The average Bonchev–Trinajstić information content (AvgIpc) is 2.67. The first kappa shape index (κ1) is 19.7. The number of aromatic nitrogens is 2. The maximum absolute atomic E-state index is 12.7. The van der Waals surface area contributed by atoms with E-state index in [2.05, 4.69) is 9.97 Å². The van der Waals surface area contributed by atoms with Crippen LogP contribution in [0.15, 0.2) is 6.20 Å². The van der Waals surface area contributed by atoms with Gasteiger partial charge < -0.3 is 14.7 Å². The smallest absolute Gasteiger partial charge is 0.257 e. The Morgan fingerprint density at radius 3 is 2.48 bits per heavy atom. The van der Waals surface area contributed by atoms with E-state index in [1.807, 2.05) is 35.7 Å². The normalized spacial score (nSPS) is 20.8. The van der Waals surface area contributed by atoms with Crippen LogP contribution in [0.3, 0.4) is 0 Å². The molecular formula is C20H31N5O2. The Morgan fingerprint density at radius 1 is 1.11 bits per heavy atom. The van der Waals surface area contributed by atoms with Gasteiger partial charge in [0.05, 0.1) is 17.8 Å². The van der Waals surface area contributed by atoms with E-state index in [1.165, 1.54) is 6.42 Å². The minimum Gasteiger partial charge on any atom is -0.341 e. The Balaban J connectivity index is 1.69. The van der Waals surface area contributed by atoms with Crippen LogP contribution in [0.2, 0.25) is 0 Å². The fraction of sp³-hybridized carbons (Fsp3) is 0.700. The quantitative estimate of drug-likeness (QED) is 0.803. The zero-order chi connectivity index (χ0) is 19.4. The van der Waals surface area contributed by atoms with E-state index in [-0.39, 0.29) is 17.7 Å². The van der Waals surface area contributed by atoms with Crippen LogP contribution >= 0.6 is 0 Å². The molecule has 2 aliphatic rings. The lowest BCUT2D eigenvalue weighted by Crippen LogP contribution is -2.43. The third kappa shape index (κ3) is 4.83. The summed E-state index contributed by atoms with van der Waals surface area (Å²) >= 11 is 0. The summed E-state index contributed by atoms with van der Waals surface area (Å²) < 4.78 is 0. The summed E-state index contributed by atoms with van der Waals surface area (Å²) in [7, 11) is 3.81. The first-order valence-corrected chi connectivity index (χ1v) is 10.0. The van der Waals surface area contributed by atoms with E-state index in [1.54, 1.807) is 6.20 Å². The molecule has 3 heterocycles. The van der Waals surface area contributed by atoms with Crippen LogP contribution in [0.1, 0.15) is 59.9 Å². The van der Waals surface area contributed by atoms with Crippen molar-refractivity contribution in [3.8, 4) is 0 Å². The van der Waals surface area contributed by atoms with Crippen LogP contribution in [0.25, 0.3) is 0 Å². The molecule has 0 aliphatic carbocycles. The molecule has 148 valence electrons. The number of likely N-dealkylation sites (N-methyl/N-ethyl adjacent to an activating group) is 1. The van der Waals surface area contributed by atoms with E-state index >= 15 is 0 Å². The highest BCUT2D eigenvalue weighted by Gasteiger charge is 2.28. The predicted octanol–water partition coefficient (Wildman–Crippen LogP) is 1.68. The standard InChI is InChI=1S/C20H31N5O2/c1-15-17(20(27)24-9-5-4-6-10-24)12-21-19(22-15)16-8-7-11-25(13-16)18(26)14-23(2)3/h12,16H,4-11,13-14H2,1-3H3/t16-/m0/s1. The SMILES string of the molecule is Cc1nc([C@H]2CCCN(C(=O)CN(C)C)C2)ncc1C(=O)N1CCCCC1. The van der Waals surface area contributed by atoms with Gasteiger partial charge in [-0.25, -0.2) is 9.97 Å². The van der Waals surface area contributed by atoms with Crippen molar-refractivity contribution in [2.75, 3.05) is 46.8 Å². The fourth-order valence-corrected chi connectivity index (χ4v) is 3.94. The van der Waals surface area contributed by atoms with Crippen LogP contribution in [-0.4, -0.2) is 83.3 Å². The molecule has 2 fully saturated rings. The maximum atomic E-state index is 12.7. The third-order valence-electron chi connectivity index (χ3n) is 5.46. The van der Waals surface area contributed by atoms with Crippen molar-refractivity contribution in [3.05, 3.63) is 23.3 Å². The summed E-state index contributed by atoms with van der Waals surface area (Å²) in [4.78, 5) is 40.0. The second kappa shape index (κ2) is 8.78. The number of carbonyl (C=O) groups excluding carboxylic acids is 2. The molecule has 2 amide bonds. The Morgan fingerprint density at radius 2 is 1.81 bits per heavy atom. The van der Waals surface area contributed by atoms with Gasteiger partial charge in [0.15, 0.2) is 0 Å². The topological polar surface area (TPSA) is 69.6 Å². The summed E-state index contributed by atoms with van der Waals surface area (Å²) in [6.45, 7) is 5.42. The molecule has 0 aromatic carbocycles. The summed E-state index contributed by atoms with van der Waals surface area (Å²) in [5, 5.41) is 0. The zero-order valence-corrected chi connectivity index (χ0v) is 16.8. The van der Waals surface area contributed by atoms with Gasteiger partial charge in [0.1, 0.15) is 5.82 Å². The monoisotopic (exact) mass is 373 g/mol. The Labute approximate surface area is 161 Å². The zero-order valence-electron chi connectivity index (χ0n) is 16.8. The molecule has 1 atom stereocenters. The average molecular weight is 374 g/mol. The Bertz CT molecular complexity index is 685. The molecule has 2 saturated heterocycles. The number of rotatable bonds is 4. The largest absolute Gasteiger partial charge is 0.341 e. The van der Waals surface area contributed by atoms with Gasteiger partial charge >= 0.3 is 0 Å². The van der Waals surface area contributed by atoms with Crippen molar-refractivity contribution in [1.82, 2.24) is 24.7 Å². The van der Waals surface area contributed by atoms with Crippen molar-refractivity contribution in [1.29, 1.82) is 0 Å². The molecule has 0 unspecified atom stereocenters. The van der Waals surface area contributed by atoms with Gasteiger partial charge in [0.25, 0.3) is 5.91 Å². The molecule has 1 aromatic heterocycles. The highest BCUT2D eigenvalue weighted by Crippen LogP contribution is 2.25. The number of likely N-dealkylation sites (tertiary alicyclic amines) is 2. The number of hydrogen-bond donors (Lipinski definition) is 0. The number of hydrogen-bond acceptors (Lipinski definition) is 5. The molecule has 3 rings (SSSR count). The molecular weight excluding hydrogens is 342 g/mol. The van der Waals surface area contributed by atoms with Crippen molar-refractivity contribution >= 4 is 11.8 Å². The molecule has 0 radical (unpaired) electrons. The van der Waals surface area contributed by atoms with Crippen molar-refractivity contribution in [2.45, 2.75) is 44.9 Å². The second-order valence-corrected chi connectivity index (χ2v) is 8.00.